The molecule has 2 rings (SSSR count). The van der Waals surface area contributed by atoms with Crippen molar-refractivity contribution in [2.24, 2.45) is 0 Å². The molecular formula is C13H18FNO3S. The van der Waals surface area contributed by atoms with Gasteiger partial charge in [-0.15, -0.1) is 0 Å². The van der Waals surface area contributed by atoms with E-state index >= 15 is 0 Å². The summed E-state index contributed by atoms with van der Waals surface area (Å²) in [5.74, 6) is -0.437. The Kier molecular flexibility index (Phi) is 3.94. The van der Waals surface area contributed by atoms with E-state index in [1.165, 1.54) is 16.4 Å². The quantitative estimate of drug-likeness (QED) is 0.898. The summed E-state index contributed by atoms with van der Waals surface area (Å²) in [4.78, 5) is 0.156. The zero-order valence-electron chi connectivity index (χ0n) is 11.1. The Labute approximate surface area is 112 Å². The molecule has 6 heteroatoms. The monoisotopic (exact) mass is 287 g/mol. The Morgan fingerprint density at radius 3 is 2.42 bits per heavy atom. The Morgan fingerprint density at radius 2 is 1.89 bits per heavy atom. The second-order valence-electron chi connectivity index (χ2n) is 5.03. The summed E-state index contributed by atoms with van der Waals surface area (Å²) < 4.78 is 39.7. The number of aryl methyl sites for hydroxylation is 2. The van der Waals surface area contributed by atoms with Crippen molar-refractivity contribution in [3.63, 3.8) is 0 Å². The fourth-order valence-corrected chi connectivity index (χ4v) is 4.50. The smallest absolute Gasteiger partial charge is 0.243 e. The number of piperidine rings is 1. The predicted octanol–water partition coefficient (Wildman–Crippen LogP) is 1.59. The molecule has 0 aliphatic carbocycles. The summed E-state index contributed by atoms with van der Waals surface area (Å²) in [7, 11) is -3.67. The van der Waals surface area contributed by atoms with E-state index in [1.807, 2.05) is 0 Å². The minimum Gasteiger partial charge on any atom is -0.392 e. The number of aliphatic hydroxyl groups is 1. The summed E-state index contributed by atoms with van der Waals surface area (Å²) in [5.41, 5.74) is 0.801. The molecule has 0 aromatic heterocycles. The Bertz CT molecular complexity index is 563. The molecule has 1 N–H and O–H groups in total. The van der Waals surface area contributed by atoms with Gasteiger partial charge in [0.1, 0.15) is 5.82 Å². The van der Waals surface area contributed by atoms with Crippen molar-refractivity contribution in [2.75, 3.05) is 13.1 Å². The fraction of sp³-hybridized carbons (Fsp3) is 0.538. The number of β-amino-alcohol motifs (C(OH)–C–C–N with tert-alkyl or cyclic N) is 1. The van der Waals surface area contributed by atoms with Crippen LogP contribution in [0.3, 0.4) is 0 Å². The molecule has 0 spiro atoms. The van der Waals surface area contributed by atoms with Crippen molar-refractivity contribution in [3.8, 4) is 0 Å². The standard InChI is InChI=1S/C13H18FNO3S/c1-9-6-11(14)7-10(2)13(9)19(17,18)15-5-3-4-12(16)8-15/h6-7,12,16H,3-5,8H2,1-2H3. The third kappa shape index (κ3) is 2.80. The van der Waals surface area contributed by atoms with Gasteiger partial charge in [-0.3, -0.25) is 0 Å². The van der Waals surface area contributed by atoms with E-state index in [0.717, 1.165) is 0 Å². The number of sulfonamides is 1. The third-order valence-electron chi connectivity index (χ3n) is 3.38. The van der Waals surface area contributed by atoms with Crippen molar-refractivity contribution in [3.05, 3.63) is 29.1 Å². The minimum absolute atomic E-state index is 0.110. The number of hydrogen-bond donors (Lipinski definition) is 1. The SMILES string of the molecule is Cc1cc(F)cc(C)c1S(=O)(=O)N1CCCC(O)C1. The minimum atomic E-state index is -3.67. The number of aliphatic hydroxyl groups excluding tert-OH is 1. The van der Waals surface area contributed by atoms with Crippen molar-refractivity contribution in [2.45, 2.75) is 37.7 Å². The second kappa shape index (κ2) is 5.19. The fourth-order valence-electron chi connectivity index (χ4n) is 2.57. The molecular weight excluding hydrogens is 269 g/mol. The van der Waals surface area contributed by atoms with E-state index in [1.54, 1.807) is 13.8 Å². The summed E-state index contributed by atoms with van der Waals surface area (Å²) in [6.45, 7) is 3.68. The Balaban J connectivity index is 2.45. The van der Waals surface area contributed by atoms with Gasteiger partial charge in [0.15, 0.2) is 0 Å². The van der Waals surface area contributed by atoms with Crippen LogP contribution in [-0.2, 0) is 10.0 Å². The molecule has 1 aromatic rings. The molecule has 0 radical (unpaired) electrons. The lowest BCUT2D eigenvalue weighted by Gasteiger charge is -2.30. The average molecular weight is 287 g/mol. The van der Waals surface area contributed by atoms with Crippen LogP contribution < -0.4 is 0 Å². The van der Waals surface area contributed by atoms with Crippen LogP contribution >= 0.6 is 0 Å². The van der Waals surface area contributed by atoms with E-state index in [4.69, 9.17) is 0 Å². The largest absolute Gasteiger partial charge is 0.392 e. The van der Waals surface area contributed by atoms with Gasteiger partial charge in [0.2, 0.25) is 10.0 Å². The number of rotatable bonds is 2. The molecule has 1 aliphatic heterocycles. The normalized spacial score (nSPS) is 21.6. The van der Waals surface area contributed by atoms with Gasteiger partial charge in [-0.05, 0) is 49.9 Å². The number of nitrogens with zero attached hydrogens (tertiary/aromatic N) is 1. The molecule has 1 unspecified atom stereocenters. The molecule has 106 valence electrons. The molecule has 1 aliphatic rings. The third-order valence-corrected chi connectivity index (χ3v) is 5.55. The molecule has 4 nitrogen and oxygen atoms in total. The van der Waals surface area contributed by atoms with Crippen molar-refractivity contribution < 1.29 is 17.9 Å². The second-order valence-corrected chi connectivity index (χ2v) is 6.90. The molecule has 1 saturated heterocycles. The maximum atomic E-state index is 13.3. The van der Waals surface area contributed by atoms with E-state index in [2.05, 4.69) is 0 Å². The lowest BCUT2D eigenvalue weighted by atomic mass is 10.1. The van der Waals surface area contributed by atoms with Crippen LogP contribution in [-0.4, -0.2) is 37.0 Å². The van der Waals surface area contributed by atoms with Crippen LogP contribution in [0.25, 0.3) is 0 Å². The lowest BCUT2D eigenvalue weighted by molar-refractivity contribution is 0.108. The van der Waals surface area contributed by atoms with Crippen LogP contribution in [0.2, 0.25) is 0 Å². The zero-order chi connectivity index (χ0) is 14.2. The highest BCUT2D eigenvalue weighted by Crippen LogP contribution is 2.27. The van der Waals surface area contributed by atoms with Gasteiger partial charge in [-0.2, -0.15) is 4.31 Å². The molecule has 1 aromatic carbocycles. The summed E-state index contributed by atoms with van der Waals surface area (Å²) in [6.07, 6.45) is 0.636. The topological polar surface area (TPSA) is 57.6 Å². The van der Waals surface area contributed by atoms with Gasteiger partial charge in [-0.25, -0.2) is 12.8 Å². The highest BCUT2D eigenvalue weighted by molar-refractivity contribution is 7.89. The highest BCUT2D eigenvalue weighted by atomic mass is 32.2. The van der Waals surface area contributed by atoms with Crippen LogP contribution in [0.4, 0.5) is 4.39 Å². The lowest BCUT2D eigenvalue weighted by Crippen LogP contribution is -2.42. The van der Waals surface area contributed by atoms with Crippen molar-refractivity contribution in [1.82, 2.24) is 4.31 Å². The summed E-state index contributed by atoms with van der Waals surface area (Å²) in [6, 6.07) is 2.44. The number of hydrogen-bond acceptors (Lipinski definition) is 3. The van der Waals surface area contributed by atoms with Gasteiger partial charge in [0, 0.05) is 13.1 Å². The molecule has 0 amide bonds. The average Bonchev–Trinajstić information content (AvgIpc) is 2.26. The molecule has 1 heterocycles. The van der Waals surface area contributed by atoms with Crippen LogP contribution in [0, 0.1) is 19.7 Å². The summed E-state index contributed by atoms with van der Waals surface area (Å²) in [5, 5.41) is 9.61. The van der Waals surface area contributed by atoms with Gasteiger partial charge in [-0.1, -0.05) is 0 Å². The highest BCUT2D eigenvalue weighted by Gasteiger charge is 2.31. The number of benzene rings is 1. The molecule has 0 bridgehead atoms. The van der Waals surface area contributed by atoms with Crippen molar-refractivity contribution >= 4 is 10.0 Å². The first kappa shape index (κ1) is 14.4. The van der Waals surface area contributed by atoms with Crippen LogP contribution in [0.15, 0.2) is 17.0 Å². The summed E-state index contributed by atoms with van der Waals surface area (Å²) >= 11 is 0. The van der Waals surface area contributed by atoms with Gasteiger partial charge < -0.3 is 5.11 Å². The van der Waals surface area contributed by atoms with Gasteiger partial charge >= 0.3 is 0 Å². The van der Waals surface area contributed by atoms with Crippen LogP contribution in [0.5, 0.6) is 0 Å². The molecule has 1 fully saturated rings. The zero-order valence-corrected chi connectivity index (χ0v) is 11.9. The number of halogens is 1. The van der Waals surface area contributed by atoms with Gasteiger partial charge in [0.05, 0.1) is 11.0 Å². The first-order valence-electron chi connectivity index (χ1n) is 6.27. The Morgan fingerprint density at radius 1 is 1.32 bits per heavy atom. The Hall–Kier alpha value is -0.980. The first-order chi connectivity index (χ1) is 8.82. The van der Waals surface area contributed by atoms with Gasteiger partial charge in [0.25, 0.3) is 0 Å². The maximum absolute atomic E-state index is 13.3. The van der Waals surface area contributed by atoms with E-state index < -0.39 is 21.9 Å². The van der Waals surface area contributed by atoms with E-state index in [0.29, 0.717) is 30.5 Å². The first-order valence-corrected chi connectivity index (χ1v) is 7.71. The van der Waals surface area contributed by atoms with E-state index in [-0.39, 0.29) is 11.4 Å². The predicted molar refractivity (Wildman–Crippen MR) is 69.9 cm³/mol. The van der Waals surface area contributed by atoms with E-state index in [9.17, 15) is 17.9 Å². The van der Waals surface area contributed by atoms with Crippen LogP contribution in [0.1, 0.15) is 24.0 Å². The molecule has 0 saturated carbocycles. The molecule has 19 heavy (non-hydrogen) atoms. The molecule has 1 atom stereocenters. The van der Waals surface area contributed by atoms with Crippen molar-refractivity contribution in [1.29, 1.82) is 0 Å². The maximum Gasteiger partial charge on any atom is 0.243 e.